The SMILES string of the molecule is ICCc1c(-c2ccccc2)oc(-c2ccccc2)c1I. The first-order chi connectivity index (χ1) is 10.3. The maximum absolute atomic E-state index is 6.26. The zero-order valence-corrected chi connectivity index (χ0v) is 15.7. The second-order valence-corrected chi connectivity index (χ2v) is 6.88. The van der Waals surface area contributed by atoms with Gasteiger partial charge in [-0.15, -0.1) is 0 Å². The van der Waals surface area contributed by atoms with E-state index in [9.17, 15) is 0 Å². The summed E-state index contributed by atoms with van der Waals surface area (Å²) in [5.41, 5.74) is 3.60. The molecule has 1 nitrogen and oxygen atoms in total. The van der Waals surface area contributed by atoms with Crippen LogP contribution in [0.4, 0.5) is 0 Å². The molecule has 0 aliphatic carbocycles. The molecule has 3 heteroatoms. The van der Waals surface area contributed by atoms with E-state index in [0.29, 0.717) is 0 Å². The van der Waals surface area contributed by atoms with E-state index >= 15 is 0 Å². The predicted octanol–water partition coefficient (Wildman–Crippen LogP) is 6.20. The molecular formula is C18H14I2O. The van der Waals surface area contributed by atoms with E-state index in [0.717, 1.165) is 33.5 Å². The molecule has 3 rings (SSSR count). The van der Waals surface area contributed by atoms with Crippen molar-refractivity contribution in [3.63, 3.8) is 0 Å². The first kappa shape index (κ1) is 15.1. The molecule has 0 unspecified atom stereocenters. The van der Waals surface area contributed by atoms with Crippen LogP contribution < -0.4 is 0 Å². The molecule has 106 valence electrons. The lowest BCUT2D eigenvalue weighted by atomic mass is 10.1. The monoisotopic (exact) mass is 500 g/mol. The van der Waals surface area contributed by atoms with E-state index in [4.69, 9.17) is 4.42 Å². The molecule has 0 aliphatic rings. The lowest BCUT2D eigenvalue weighted by molar-refractivity contribution is 0.593. The Hall–Kier alpha value is -0.820. The second kappa shape index (κ2) is 6.96. The minimum Gasteiger partial charge on any atom is -0.455 e. The minimum absolute atomic E-state index is 0.981. The minimum atomic E-state index is 0.981. The lowest BCUT2D eigenvalue weighted by Crippen LogP contribution is -1.89. The van der Waals surface area contributed by atoms with E-state index in [1.165, 1.54) is 9.13 Å². The van der Waals surface area contributed by atoms with Crippen LogP contribution in [0.5, 0.6) is 0 Å². The van der Waals surface area contributed by atoms with E-state index in [1.807, 2.05) is 24.3 Å². The van der Waals surface area contributed by atoms with Gasteiger partial charge in [-0.2, -0.15) is 0 Å². The molecule has 21 heavy (non-hydrogen) atoms. The van der Waals surface area contributed by atoms with Crippen LogP contribution in [0.15, 0.2) is 65.1 Å². The fourth-order valence-electron chi connectivity index (χ4n) is 2.36. The first-order valence-electron chi connectivity index (χ1n) is 6.79. The molecule has 0 bridgehead atoms. The molecule has 0 spiro atoms. The zero-order valence-electron chi connectivity index (χ0n) is 11.4. The molecule has 0 N–H and O–H groups in total. The van der Waals surface area contributed by atoms with Crippen LogP contribution >= 0.6 is 45.2 Å². The van der Waals surface area contributed by atoms with Gasteiger partial charge >= 0.3 is 0 Å². The quantitative estimate of drug-likeness (QED) is 0.308. The summed E-state index contributed by atoms with van der Waals surface area (Å²) in [4.78, 5) is 0. The van der Waals surface area contributed by atoms with Crippen molar-refractivity contribution < 1.29 is 4.42 Å². The summed E-state index contributed by atoms with van der Waals surface area (Å²) in [6.07, 6.45) is 1.03. The van der Waals surface area contributed by atoms with Crippen molar-refractivity contribution in [1.82, 2.24) is 0 Å². The first-order valence-corrected chi connectivity index (χ1v) is 9.39. The average molecular weight is 500 g/mol. The van der Waals surface area contributed by atoms with Gasteiger partial charge < -0.3 is 4.42 Å². The van der Waals surface area contributed by atoms with Gasteiger partial charge in [0, 0.05) is 21.1 Å². The standard InChI is InChI=1S/C18H14I2O/c19-12-11-15-16(20)18(14-9-5-2-6-10-14)21-17(15)13-7-3-1-4-8-13/h1-10H,11-12H2. The predicted molar refractivity (Wildman–Crippen MR) is 105 cm³/mol. The smallest absolute Gasteiger partial charge is 0.148 e. The van der Waals surface area contributed by atoms with Gasteiger partial charge in [0.1, 0.15) is 11.5 Å². The number of rotatable bonds is 4. The number of alkyl halides is 1. The molecule has 0 atom stereocenters. The van der Waals surface area contributed by atoms with Crippen molar-refractivity contribution in [3.8, 4) is 22.6 Å². The van der Waals surface area contributed by atoms with Crippen molar-refractivity contribution in [1.29, 1.82) is 0 Å². The maximum Gasteiger partial charge on any atom is 0.148 e. The van der Waals surface area contributed by atoms with Gasteiger partial charge in [0.05, 0.1) is 3.57 Å². The highest BCUT2D eigenvalue weighted by Gasteiger charge is 2.19. The lowest BCUT2D eigenvalue weighted by Gasteiger charge is -2.01. The summed E-state index contributed by atoms with van der Waals surface area (Å²) >= 11 is 4.84. The Balaban J connectivity index is 2.16. The third-order valence-corrected chi connectivity index (χ3v) is 5.04. The number of halogens is 2. The highest BCUT2D eigenvalue weighted by atomic mass is 127. The van der Waals surface area contributed by atoms with Gasteiger partial charge in [0.2, 0.25) is 0 Å². The fourth-order valence-corrected chi connectivity index (χ4v) is 3.84. The van der Waals surface area contributed by atoms with Crippen LogP contribution in [-0.4, -0.2) is 4.43 Å². The third-order valence-electron chi connectivity index (χ3n) is 3.36. The summed E-state index contributed by atoms with van der Waals surface area (Å²) in [5.74, 6) is 1.99. The Bertz CT molecular complexity index is 718. The summed E-state index contributed by atoms with van der Waals surface area (Å²) in [5, 5.41) is 0. The molecule has 0 saturated carbocycles. The molecule has 2 aromatic carbocycles. The largest absolute Gasteiger partial charge is 0.455 e. The van der Waals surface area contributed by atoms with Gasteiger partial charge in [0.15, 0.2) is 0 Å². The van der Waals surface area contributed by atoms with Crippen LogP contribution in [0.3, 0.4) is 0 Å². The van der Waals surface area contributed by atoms with Crippen molar-refractivity contribution in [2.24, 2.45) is 0 Å². The number of hydrogen-bond donors (Lipinski definition) is 0. The Morgan fingerprint density at radius 1 is 0.762 bits per heavy atom. The van der Waals surface area contributed by atoms with Crippen LogP contribution in [-0.2, 0) is 6.42 Å². The highest BCUT2D eigenvalue weighted by molar-refractivity contribution is 14.1. The highest BCUT2D eigenvalue weighted by Crippen LogP contribution is 2.38. The van der Waals surface area contributed by atoms with E-state index in [1.54, 1.807) is 0 Å². The van der Waals surface area contributed by atoms with Gasteiger partial charge in [-0.1, -0.05) is 83.3 Å². The van der Waals surface area contributed by atoms with Crippen molar-refractivity contribution in [2.45, 2.75) is 6.42 Å². The topological polar surface area (TPSA) is 13.1 Å². The van der Waals surface area contributed by atoms with Crippen LogP contribution in [0, 0.1) is 3.57 Å². The molecular weight excluding hydrogens is 486 g/mol. The molecule has 1 heterocycles. The van der Waals surface area contributed by atoms with Crippen LogP contribution in [0.1, 0.15) is 5.56 Å². The van der Waals surface area contributed by atoms with Crippen molar-refractivity contribution in [3.05, 3.63) is 69.8 Å². The second-order valence-electron chi connectivity index (χ2n) is 4.72. The molecule has 0 amide bonds. The Morgan fingerprint density at radius 3 is 1.81 bits per heavy atom. The van der Waals surface area contributed by atoms with Crippen LogP contribution in [0.2, 0.25) is 0 Å². The normalized spacial score (nSPS) is 10.8. The molecule has 0 saturated heterocycles. The zero-order chi connectivity index (χ0) is 14.7. The maximum atomic E-state index is 6.26. The van der Waals surface area contributed by atoms with Crippen molar-refractivity contribution >= 4 is 45.2 Å². The summed E-state index contributed by atoms with van der Waals surface area (Å²) in [7, 11) is 0. The molecule has 0 radical (unpaired) electrons. The summed E-state index contributed by atoms with van der Waals surface area (Å²) in [6.45, 7) is 0. The van der Waals surface area contributed by atoms with Crippen molar-refractivity contribution in [2.75, 3.05) is 4.43 Å². The van der Waals surface area contributed by atoms with Gasteiger partial charge in [-0.25, -0.2) is 0 Å². The molecule has 0 aliphatic heterocycles. The fraction of sp³-hybridized carbons (Fsp3) is 0.111. The van der Waals surface area contributed by atoms with E-state index < -0.39 is 0 Å². The average Bonchev–Trinajstić information content (AvgIpc) is 2.87. The van der Waals surface area contributed by atoms with E-state index in [-0.39, 0.29) is 0 Å². The number of furan rings is 1. The Morgan fingerprint density at radius 2 is 1.29 bits per heavy atom. The Kier molecular flexibility index (Phi) is 5.00. The molecule has 0 fully saturated rings. The van der Waals surface area contributed by atoms with Gasteiger partial charge in [-0.3, -0.25) is 0 Å². The van der Waals surface area contributed by atoms with Gasteiger partial charge in [0.25, 0.3) is 0 Å². The Labute approximate surface area is 152 Å². The summed E-state index contributed by atoms with van der Waals surface area (Å²) < 4.78 is 8.57. The van der Waals surface area contributed by atoms with Gasteiger partial charge in [-0.05, 0) is 29.0 Å². The third kappa shape index (κ3) is 3.18. The number of hydrogen-bond acceptors (Lipinski definition) is 1. The number of benzene rings is 2. The van der Waals surface area contributed by atoms with Crippen LogP contribution in [0.25, 0.3) is 22.6 Å². The summed E-state index contributed by atoms with van der Waals surface area (Å²) in [6, 6.07) is 20.7. The van der Waals surface area contributed by atoms with E-state index in [2.05, 4.69) is 81.6 Å². The molecule has 3 aromatic rings. The molecule has 1 aromatic heterocycles.